The first-order valence-corrected chi connectivity index (χ1v) is 10.6. The summed E-state index contributed by atoms with van der Waals surface area (Å²) in [6.07, 6.45) is 0.920. The lowest BCUT2D eigenvalue weighted by molar-refractivity contribution is 0.463. The van der Waals surface area contributed by atoms with Crippen molar-refractivity contribution in [3.8, 4) is 17.2 Å². The monoisotopic (exact) mass is 435 g/mol. The van der Waals surface area contributed by atoms with Gasteiger partial charge in [-0.1, -0.05) is 12.1 Å². The first kappa shape index (κ1) is 23.1. The maximum atomic E-state index is 10.7. The molecule has 3 aromatic carbocycles. The Bertz CT molecular complexity index is 1110. The Kier molecular flexibility index (Phi) is 6.72. The van der Waals surface area contributed by atoms with Crippen LogP contribution in [0.5, 0.6) is 17.2 Å². The van der Waals surface area contributed by atoms with Crippen molar-refractivity contribution in [1.29, 1.82) is 0 Å². The van der Waals surface area contributed by atoms with Crippen LogP contribution in [0.4, 0.5) is 17.1 Å². The minimum Gasteiger partial charge on any atom is -0.508 e. The van der Waals surface area contributed by atoms with E-state index >= 15 is 0 Å². The molecule has 0 saturated heterocycles. The summed E-state index contributed by atoms with van der Waals surface area (Å²) in [5.74, 6) is 0.624. The van der Waals surface area contributed by atoms with Gasteiger partial charge < -0.3 is 30.0 Å². The molecule has 3 rings (SSSR count). The Morgan fingerprint density at radius 3 is 1.34 bits per heavy atom. The Labute approximate surface area is 190 Å². The van der Waals surface area contributed by atoms with E-state index in [2.05, 4.69) is 0 Å². The average Bonchev–Trinajstić information content (AvgIpc) is 2.72. The molecule has 0 aliphatic rings. The number of hydrogen-bond donors (Lipinski definition) is 3. The molecule has 0 spiro atoms. The molecule has 32 heavy (non-hydrogen) atoms. The van der Waals surface area contributed by atoms with E-state index in [0.29, 0.717) is 12.8 Å². The van der Waals surface area contributed by atoms with Gasteiger partial charge in [0, 0.05) is 90.4 Å². The van der Waals surface area contributed by atoms with Gasteiger partial charge in [-0.3, -0.25) is 0 Å². The molecule has 0 amide bonds. The maximum absolute atomic E-state index is 10.7. The summed E-state index contributed by atoms with van der Waals surface area (Å²) in [5, 5.41) is 31.8. The van der Waals surface area contributed by atoms with Crippen LogP contribution in [-0.2, 0) is 12.8 Å². The third-order valence-corrected chi connectivity index (χ3v) is 5.69. The van der Waals surface area contributed by atoms with Crippen LogP contribution in [0.15, 0.2) is 48.5 Å². The van der Waals surface area contributed by atoms with Gasteiger partial charge in [0.05, 0.1) is 0 Å². The molecule has 3 aromatic rings. The minimum atomic E-state index is 0.181. The van der Waals surface area contributed by atoms with E-state index in [1.54, 1.807) is 18.2 Å². The van der Waals surface area contributed by atoms with Gasteiger partial charge >= 0.3 is 0 Å². The standard InChI is InChI=1S/C26H33N3O3/c1-27(2)21-9-7-17(24(30)14-21)11-19-13-20(26(32)16-23(19)29(5)6)12-18-8-10-22(28(3)4)15-25(18)31/h7-10,13-16,30-32H,11-12H2,1-6H3. The highest BCUT2D eigenvalue weighted by Gasteiger charge is 2.15. The Hall–Kier alpha value is -3.54. The highest BCUT2D eigenvalue weighted by molar-refractivity contribution is 5.63. The Morgan fingerprint density at radius 2 is 0.938 bits per heavy atom. The lowest BCUT2D eigenvalue weighted by atomic mass is 9.95. The number of aromatic hydroxyl groups is 3. The molecule has 0 aliphatic heterocycles. The number of phenolic OH excluding ortho intramolecular Hbond substituents is 3. The average molecular weight is 436 g/mol. The topological polar surface area (TPSA) is 70.4 Å². The van der Waals surface area contributed by atoms with Crippen molar-refractivity contribution in [2.75, 3.05) is 57.0 Å². The van der Waals surface area contributed by atoms with Gasteiger partial charge in [0.25, 0.3) is 0 Å². The molecular formula is C26H33N3O3. The molecule has 0 fully saturated rings. The zero-order valence-corrected chi connectivity index (χ0v) is 19.7. The Balaban J connectivity index is 1.98. The van der Waals surface area contributed by atoms with E-state index in [-0.39, 0.29) is 17.2 Å². The molecule has 6 heteroatoms. The van der Waals surface area contributed by atoms with Gasteiger partial charge in [0.2, 0.25) is 0 Å². The second-order valence-electron chi connectivity index (χ2n) is 8.77. The fraction of sp³-hybridized carbons (Fsp3) is 0.308. The lowest BCUT2D eigenvalue weighted by Gasteiger charge is -2.21. The SMILES string of the molecule is CN(C)c1ccc(Cc2cc(Cc3ccc(N(C)C)cc3O)c(N(C)C)cc2O)c(O)c1. The lowest BCUT2D eigenvalue weighted by Crippen LogP contribution is -2.12. The van der Waals surface area contributed by atoms with Crippen LogP contribution in [0.1, 0.15) is 22.3 Å². The quantitative estimate of drug-likeness (QED) is 0.517. The van der Waals surface area contributed by atoms with Crippen LogP contribution in [0, 0.1) is 0 Å². The molecule has 0 radical (unpaired) electrons. The summed E-state index contributed by atoms with van der Waals surface area (Å²) in [6.45, 7) is 0. The largest absolute Gasteiger partial charge is 0.508 e. The summed E-state index contributed by atoms with van der Waals surface area (Å²) in [5.41, 5.74) is 6.00. The second-order valence-corrected chi connectivity index (χ2v) is 8.77. The molecule has 0 saturated carbocycles. The zero-order valence-electron chi connectivity index (χ0n) is 19.7. The fourth-order valence-corrected chi connectivity index (χ4v) is 3.74. The first-order valence-electron chi connectivity index (χ1n) is 10.6. The molecule has 6 nitrogen and oxygen atoms in total. The zero-order chi connectivity index (χ0) is 23.6. The first-order chi connectivity index (χ1) is 15.1. The smallest absolute Gasteiger partial charge is 0.121 e. The van der Waals surface area contributed by atoms with Gasteiger partial charge in [-0.15, -0.1) is 0 Å². The van der Waals surface area contributed by atoms with E-state index in [9.17, 15) is 15.3 Å². The summed E-state index contributed by atoms with van der Waals surface area (Å²) >= 11 is 0. The second kappa shape index (κ2) is 9.30. The normalized spacial score (nSPS) is 10.8. The summed E-state index contributed by atoms with van der Waals surface area (Å²) in [4.78, 5) is 5.83. The predicted molar refractivity (Wildman–Crippen MR) is 133 cm³/mol. The van der Waals surface area contributed by atoms with Crippen molar-refractivity contribution in [2.24, 2.45) is 0 Å². The molecule has 0 heterocycles. The van der Waals surface area contributed by atoms with Gasteiger partial charge in [-0.25, -0.2) is 0 Å². The van der Waals surface area contributed by atoms with Crippen LogP contribution >= 0.6 is 0 Å². The van der Waals surface area contributed by atoms with E-state index in [1.807, 2.05) is 87.3 Å². The molecule has 0 bridgehead atoms. The van der Waals surface area contributed by atoms with Gasteiger partial charge in [-0.2, -0.15) is 0 Å². The fourth-order valence-electron chi connectivity index (χ4n) is 3.74. The van der Waals surface area contributed by atoms with Crippen molar-refractivity contribution in [3.05, 3.63) is 70.8 Å². The number of nitrogens with zero attached hydrogens (tertiary/aromatic N) is 3. The molecule has 3 N–H and O–H groups in total. The van der Waals surface area contributed by atoms with Crippen molar-refractivity contribution < 1.29 is 15.3 Å². The molecule has 0 aliphatic carbocycles. The van der Waals surface area contributed by atoms with E-state index in [0.717, 1.165) is 39.3 Å². The van der Waals surface area contributed by atoms with Gasteiger partial charge in [0.1, 0.15) is 17.2 Å². The highest BCUT2D eigenvalue weighted by atomic mass is 16.3. The van der Waals surface area contributed by atoms with Crippen LogP contribution in [0.25, 0.3) is 0 Å². The molecule has 170 valence electrons. The maximum Gasteiger partial charge on any atom is 0.121 e. The number of phenols is 3. The van der Waals surface area contributed by atoms with E-state index in [1.165, 1.54) is 0 Å². The Morgan fingerprint density at radius 1 is 0.500 bits per heavy atom. The number of rotatable bonds is 7. The van der Waals surface area contributed by atoms with Crippen LogP contribution in [0.2, 0.25) is 0 Å². The van der Waals surface area contributed by atoms with Gasteiger partial charge in [0.15, 0.2) is 0 Å². The highest BCUT2D eigenvalue weighted by Crippen LogP contribution is 2.35. The van der Waals surface area contributed by atoms with Crippen molar-refractivity contribution in [2.45, 2.75) is 12.8 Å². The predicted octanol–water partition coefficient (Wildman–Crippen LogP) is 4.18. The summed E-state index contributed by atoms with van der Waals surface area (Å²) in [6, 6.07) is 15.0. The minimum absolute atomic E-state index is 0.181. The third-order valence-electron chi connectivity index (χ3n) is 5.69. The molecule has 0 unspecified atom stereocenters. The van der Waals surface area contributed by atoms with Crippen LogP contribution < -0.4 is 14.7 Å². The molecular weight excluding hydrogens is 402 g/mol. The summed E-state index contributed by atoms with van der Waals surface area (Å²) < 4.78 is 0. The van der Waals surface area contributed by atoms with Crippen LogP contribution in [0.3, 0.4) is 0 Å². The third kappa shape index (κ3) is 5.02. The molecule has 0 aromatic heterocycles. The van der Waals surface area contributed by atoms with Crippen molar-refractivity contribution in [1.82, 2.24) is 0 Å². The van der Waals surface area contributed by atoms with E-state index < -0.39 is 0 Å². The number of benzene rings is 3. The van der Waals surface area contributed by atoms with E-state index in [4.69, 9.17) is 0 Å². The number of hydrogen-bond acceptors (Lipinski definition) is 6. The van der Waals surface area contributed by atoms with Gasteiger partial charge in [-0.05, 0) is 40.5 Å². The summed E-state index contributed by atoms with van der Waals surface area (Å²) in [7, 11) is 11.6. The molecule has 0 atom stereocenters. The number of anilines is 3. The van der Waals surface area contributed by atoms with Crippen molar-refractivity contribution >= 4 is 17.1 Å². The van der Waals surface area contributed by atoms with Crippen molar-refractivity contribution in [3.63, 3.8) is 0 Å². The van der Waals surface area contributed by atoms with Crippen LogP contribution in [-0.4, -0.2) is 57.6 Å².